The quantitative estimate of drug-likeness (QED) is 0.709. The molecule has 3 aromatic rings. The Labute approximate surface area is 151 Å². The van der Waals surface area contributed by atoms with Crippen molar-refractivity contribution >= 4 is 20.9 Å². The van der Waals surface area contributed by atoms with Crippen molar-refractivity contribution in [3.63, 3.8) is 0 Å². The molecule has 4 rings (SSSR count). The predicted molar refractivity (Wildman–Crippen MR) is 96.7 cm³/mol. The van der Waals surface area contributed by atoms with Crippen LogP contribution in [-0.4, -0.2) is 42.1 Å². The minimum Gasteiger partial charge on any atom is -0.312 e. The second-order valence-electron chi connectivity index (χ2n) is 6.08. The molecule has 1 fully saturated rings. The normalized spacial score (nSPS) is 18.0. The molecular formula is C18H17N5O2S. The topological polar surface area (TPSA) is 91.0 Å². The van der Waals surface area contributed by atoms with Crippen molar-refractivity contribution in [3.8, 4) is 6.19 Å². The zero-order chi connectivity index (χ0) is 18.1. The van der Waals surface area contributed by atoms with Crippen LogP contribution >= 0.6 is 0 Å². The average molecular weight is 367 g/mol. The monoisotopic (exact) mass is 367 g/mol. The zero-order valence-corrected chi connectivity index (χ0v) is 14.7. The highest BCUT2D eigenvalue weighted by molar-refractivity contribution is 7.90. The summed E-state index contributed by atoms with van der Waals surface area (Å²) < 4.78 is 27.3. The minimum atomic E-state index is -3.82. The molecule has 0 bridgehead atoms. The molecule has 1 aliphatic heterocycles. The second kappa shape index (κ2) is 6.44. The van der Waals surface area contributed by atoms with Gasteiger partial charge in [0.15, 0.2) is 6.19 Å². The molecule has 1 atom stereocenters. The van der Waals surface area contributed by atoms with Gasteiger partial charge in [-0.3, -0.25) is 4.90 Å². The van der Waals surface area contributed by atoms with E-state index in [1.807, 2.05) is 12.1 Å². The van der Waals surface area contributed by atoms with Crippen LogP contribution in [0.2, 0.25) is 0 Å². The first-order valence-corrected chi connectivity index (χ1v) is 9.72. The number of hydrogen-bond donors (Lipinski definition) is 1. The van der Waals surface area contributed by atoms with E-state index in [0.717, 1.165) is 9.47 Å². The molecule has 26 heavy (non-hydrogen) atoms. The highest BCUT2D eigenvalue weighted by atomic mass is 32.2. The third kappa shape index (κ3) is 2.62. The van der Waals surface area contributed by atoms with E-state index in [2.05, 4.69) is 16.6 Å². The summed E-state index contributed by atoms with van der Waals surface area (Å²) in [7, 11) is -3.82. The van der Waals surface area contributed by atoms with E-state index in [9.17, 15) is 13.7 Å². The van der Waals surface area contributed by atoms with Crippen LogP contribution in [0.4, 0.5) is 0 Å². The van der Waals surface area contributed by atoms with Crippen molar-refractivity contribution in [1.82, 2.24) is 19.4 Å². The van der Waals surface area contributed by atoms with Crippen LogP contribution in [0.1, 0.15) is 11.7 Å². The first kappa shape index (κ1) is 16.6. The number of rotatable bonds is 3. The van der Waals surface area contributed by atoms with Gasteiger partial charge in [-0.05, 0) is 18.2 Å². The molecule has 2 heterocycles. The molecule has 8 heteroatoms. The molecule has 1 saturated heterocycles. The van der Waals surface area contributed by atoms with Crippen molar-refractivity contribution in [2.24, 2.45) is 0 Å². The highest BCUT2D eigenvalue weighted by Gasteiger charge is 2.30. The summed E-state index contributed by atoms with van der Waals surface area (Å²) in [5.74, 6) is 0. The number of aromatic nitrogens is 2. The summed E-state index contributed by atoms with van der Waals surface area (Å²) >= 11 is 0. The van der Waals surface area contributed by atoms with Gasteiger partial charge in [0, 0.05) is 25.0 Å². The molecule has 1 unspecified atom stereocenters. The van der Waals surface area contributed by atoms with Crippen LogP contribution in [0.25, 0.3) is 10.9 Å². The molecule has 1 aromatic heterocycles. The van der Waals surface area contributed by atoms with Crippen LogP contribution in [0.15, 0.2) is 59.5 Å². The van der Waals surface area contributed by atoms with Gasteiger partial charge in [0.1, 0.15) is 0 Å². The number of hydrogen-bond acceptors (Lipinski definition) is 6. The third-order valence-electron chi connectivity index (χ3n) is 4.54. The molecule has 1 N–H and O–H groups in total. The highest BCUT2D eigenvalue weighted by Crippen LogP contribution is 2.30. The lowest BCUT2D eigenvalue weighted by Crippen LogP contribution is -2.43. The molecule has 132 valence electrons. The van der Waals surface area contributed by atoms with Crippen LogP contribution < -0.4 is 5.32 Å². The van der Waals surface area contributed by atoms with Crippen LogP contribution in [0, 0.1) is 11.5 Å². The van der Waals surface area contributed by atoms with E-state index in [1.54, 1.807) is 47.4 Å². The van der Waals surface area contributed by atoms with Gasteiger partial charge >= 0.3 is 0 Å². The summed E-state index contributed by atoms with van der Waals surface area (Å²) in [6, 6.07) is 15.1. The third-order valence-corrected chi connectivity index (χ3v) is 6.14. The molecule has 0 spiro atoms. The number of nitrogens with zero attached hydrogens (tertiary/aromatic N) is 4. The fourth-order valence-corrected chi connectivity index (χ4v) is 4.57. The van der Waals surface area contributed by atoms with Gasteiger partial charge in [-0.15, -0.1) is 0 Å². The molecule has 2 aromatic carbocycles. The Morgan fingerprint density at radius 1 is 1.12 bits per heavy atom. The summed E-state index contributed by atoms with van der Waals surface area (Å²) in [5, 5.41) is 17.9. The molecule has 0 aliphatic carbocycles. The molecule has 0 amide bonds. The SMILES string of the molecule is N#CN1CCNCC1c1nn(S(=O)(=O)c2ccccc2)c2ccccc12. The maximum Gasteiger partial charge on any atom is 0.283 e. The Bertz CT molecular complexity index is 1090. The van der Waals surface area contributed by atoms with Gasteiger partial charge < -0.3 is 5.32 Å². The van der Waals surface area contributed by atoms with Gasteiger partial charge in [0.25, 0.3) is 10.0 Å². The Balaban J connectivity index is 1.92. The lowest BCUT2D eigenvalue weighted by Gasteiger charge is -2.30. The summed E-state index contributed by atoms with van der Waals surface area (Å²) in [6.07, 6.45) is 2.19. The predicted octanol–water partition coefficient (Wildman–Crippen LogP) is 1.70. The van der Waals surface area contributed by atoms with Crippen molar-refractivity contribution in [2.45, 2.75) is 10.9 Å². The smallest absolute Gasteiger partial charge is 0.283 e. The Morgan fingerprint density at radius 2 is 1.85 bits per heavy atom. The number of para-hydroxylation sites is 1. The number of benzene rings is 2. The second-order valence-corrected chi connectivity index (χ2v) is 7.84. The van der Waals surface area contributed by atoms with Gasteiger partial charge in [-0.1, -0.05) is 36.4 Å². The summed E-state index contributed by atoms with van der Waals surface area (Å²) in [5.41, 5.74) is 1.10. The van der Waals surface area contributed by atoms with Gasteiger partial charge in [0.05, 0.1) is 22.1 Å². The summed E-state index contributed by atoms with van der Waals surface area (Å²) in [6.45, 7) is 1.82. The van der Waals surface area contributed by atoms with Crippen molar-refractivity contribution < 1.29 is 8.42 Å². The Kier molecular flexibility index (Phi) is 4.11. The van der Waals surface area contributed by atoms with E-state index in [1.165, 1.54) is 0 Å². The lowest BCUT2D eigenvalue weighted by atomic mass is 10.1. The number of fused-ring (bicyclic) bond motifs is 1. The van der Waals surface area contributed by atoms with E-state index < -0.39 is 10.0 Å². The standard InChI is InChI=1S/C18H17N5O2S/c19-13-22-11-10-20-12-17(22)18-15-8-4-5-9-16(15)23(21-18)26(24,25)14-6-2-1-3-7-14/h1-9,17,20H,10-12H2. The van der Waals surface area contributed by atoms with Gasteiger partial charge in [0.2, 0.25) is 0 Å². The van der Waals surface area contributed by atoms with E-state index >= 15 is 0 Å². The first-order chi connectivity index (χ1) is 12.6. The molecule has 7 nitrogen and oxygen atoms in total. The van der Waals surface area contributed by atoms with Gasteiger partial charge in [-0.25, -0.2) is 0 Å². The fourth-order valence-electron chi connectivity index (χ4n) is 3.25. The largest absolute Gasteiger partial charge is 0.312 e. The minimum absolute atomic E-state index is 0.179. The maximum absolute atomic E-state index is 13.1. The van der Waals surface area contributed by atoms with E-state index in [4.69, 9.17) is 0 Å². The van der Waals surface area contributed by atoms with E-state index in [0.29, 0.717) is 30.8 Å². The molecular weight excluding hydrogens is 350 g/mol. The average Bonchev–Trinajstić information content (AvgIpc) is 3.09. The summed E-state index contributed by atoms with van der Waals surface area (Å²) in [4.78, 5) is 1.82. The number of nitriles is 1. The fraction of sp³-hybridized carbons (Fsp3) is 0.222. The molecule has 0 radical (unpaired) electrons. The van der Waals surface area contributed by atoms with Crippen LogP contribution in [-0.2, 0) is 10.0 Å². The van der Waals surface area contributed by atoms with Crippen molar-refractivity contribution in [1.29, 1.82) is 5.26 Å². The number of piperazine rings is 1. The van der Waals surface area contributed by atoms with Crippen molar-refractivity contribution in [2.75, 3.05) is 19.6 Å². The maximum atomic E-state index is 13.1. The Hall–Kier alpha value is -2.89. The van der Waals surface area contributed by atoms with Gasteiger partial charge in [-0.2, -0.15) is 22.9 Å². The number of nitrogens with one attached hydrogen (secondary N) is 1. The molecule has 0 saturated carbocycles. The van der Waals surface area contributed by atoms with Crippen LogP contribution in [0.3, 0.4) is 0 Å². The van der Waals surface area contributed by atoms with Crippen molar-refractivity contribution in [3.05, 3.63) is 60.3 Å². The zero-order valence-electron chi connectivity index (χ0n) is 13.9. The Morgan fingerprint density at radius 3 is 2.62 bits per heavy atom. The lowest BCUT2D eigenvalue weighted by molar-refractivity contribution is 0.239. The molecule has 1 aliphatic rings. The van der Waals surface area contributed by atoms with E-state index in [-0.39, 0.29) is 10.9 Å². The first-order valence-electron chi connectivity index (χ1n) is 8.28. The van der Waals surface area contributed by atoms with Crippen LogP contribution in [0.5, 0.6) is 0 Å².